The molecule has 0 saturated carbocycles. The van der Waals surface area contributed by atoms with Crippen LogP contribution in [-0.2, 0) is 0 Å². The van der Waals surface area contributed by atoms with Gasteiger partial charge in [0.2, 0.25) is 0 Å². The summed E-state index contributed by atoms with van der Waals surface area (Å²) in [5.41, 5.74) is 3.59. The molecular weight excluding hydrogens is 256 g/mol. The van der Waals surface area contributed by atoms with Gasteiger partial charge >= 0.3 is 0 Å². The van der Waals surface area contributed by atoms with Gasteiger partial charge in [0.05, 0.1) is 12.5 Å². The van der Waals surface area contributed by atoms with Gasteiger partial charge in [-0.25, -0.2) is 0 Å². The first kappa shape index (κ1) is 16.4. The SMILES string of the molecule is CCCCC(CC)C(Cl)c1cc(C)c(OC)c(C)c1. The van der Waals surface area contributed by atoms with E-state index in [9.17, 15) is 0 Å². The van der Waals surface area contributed by atoms with E-state index < -0.39 is 0 Å². The highest BCUT2D eigenvalue weighted by Gasteiger charge is 2.20. The highest BCUT2D eigenvalue weighted by atomic mass is 35.5. The fraction of sp³-hybridized carbons (Fsp3) is 0.647. The highest BCUT2D eigenvalue weighted by Crippen LogP contribution is 2.37. The molecule has 1 aromatic rings. The van der Waals surface area contributed by atoms with Crippen molar-refractivity contribution in [3.63, 3.8) is 0 Å². The number of hydrogen-bond donors (Lipinski definition) is 0. The summed E-state index contributed by atoms with van der Waals surface area (Å²) in [6.07, 6.45) is 4.85. The highest BCUT2D eigenvalue weighted by molar-refractivity contribution is 6.21. The van der Waals surface area contributed by atoms with Gasteiger partial charge in [0.25, 0.3) is 0 Å². The number of ether oxygens (including phenoxy) is 1. The lowest BCUT2D eigenvalue weighted by Gasteiger charge is -2.22. The van der Waals surface area contributed by atoms with Crippen molar-refractivity contribution in [2.75, 3.05) is 7.11 Å². The minimum absolute atomic E-state index is 0.111. The third-order valence-corrected chi connectivity index (χ3v) is 4.48. The van der Waals surface area contributed by atoms with Crippen LogP contribution in [0.4, 0.5) is 0 Å². The molecule has 0 spiro atoms. The maximum atomic E-state index is 6.71. The van der Waals surface area contributed by atoms with Crippen LogP contribution >= 0.6 is 11.6 Å². The van der Waals surface area contributed by atoms with Gasteiger partial charge in [0.15, 0.2) is 0 Å². The fourth-order valence-electron chi connectivity index (χ4n) is 2.76. The zero-order chi connectivity index (χ0) is 14.4. The van der Waals surface area contributed by atoms with E-state index in [1.54, 1.807) is 7.11 Å². The number of hydrogen-bond acceptors (Lipinski definition) is 1. The molecule has 0 heterocycles. The summed E-state index contributed by atoms with van der Waals surface area (Å²) >= 11 is 6.71. The van der Waals surface area contributed by atoms with Gasteiger partial charge in [0, 0.05) is 0 Å². The predicted molar refractivity (Wildman–Crippen MR) is 84.4 cm³/mol. The van der Waals surface area contributed by atoms with Gasteiger partial charge in [-0.15, -0.1) is 11.6 Å². The minimum Gasteiger partial charge on any atom is -0.496 e. The van der Waals surface area contributed by atoms with Crippen LogP contribution in [0.5, 0.6) is 5.75 Å². The van der Waals surface area contributed by atoms with Crippen molar-refractivity contribution in [1.82, 2.24) is 0 Å². The summed E-state index contributed by atoms with van der Waals surface area (Å²) in [5, 5.41) is 0.111. The average molecular weight is 283 g/mol. The van der Waals surface area contributed by atoms with Crippen molar-refractivity contribution in [3.05, 3.63) is 28.8 Å². The number of alkyl halides is 1. The summed E-state index contributed by atoms with van der Waals surface area (Å²) in [7, 11) is 1.73. The van der Waals surface area contributed by atoms with Crippen LogP contribution < -0.4 is 4.74 Å². The van der Waals surface area contributed by atoms with E-state index in [0.717, 1.165) is 12.2 Å². The van der Waals surface area contributed by atoms with E-state index in [0.29, 0.717) is 5.92 Å². The molecule has 0 fully saturated rings. The van der Waals surface area contributed by atoms with Crippen LogP contribution in [-0.4, -0.2) is 7.11 Å². The number of rotatable bonds is 7. The van der Waals surface area contributed by atoms with E-state index in [1.165, 1.54) is 36.0 Å². The molecule has 0 aliphatic heterocycles. The number of benzene rings is 1. The summed E-state index contributed by atoms with van der Waals surface area (Å²) < 4.78 is 5.42. The molecule has 0 saturated heterocycles. The molecule has 0 aromatic heterocycles. The Balaban J connectivity index is 2.95. The lowest BCUT2D eigenvalue weighted by Crippen LogP contribution is -2.08. The minimum atomic E-state index is 0.111. The molecule has 0 aliphatic rings. The van der Waals surface area contributed by atoms with Gasteiger partial charge in [-0.1, -0.05) is 45.2 Å². The van der Waals surface area contributed by atoms with E-state index in [2.05, 4.69) is 39.8 Å². The molecule has 0 bridgehead atoms. The third-order valence-electron chi connectivity index (χ3n) is 3.87. The second-order valence-corrected chi connectivity index (χ2v) is 5.87. The van der Waals surface area contributed by atoms with Gasteiger partial charge in [0.1, 0.15) is 5.75 Å². The van der Waals surface area contributed by atoms with Gasteiger partial charge in [-0.2, -0.15) is 0 Å². The maximum Gasteiger partial charge on any atom is 0.124 e. The van der Waals surface area contributed by atoms with Crippen LogP contribution in [0.15, 0.2) is 12.1 Å². The topological polar surface area (TPSA) is 9.23 Å². The van der Waals surface area contributed by atoms with Gasteiger partial charge < -0.3 is 4.74 Å². The van der Waals surface area contributed by atoms with E-state index in [1.807, 2.05) is 0 Å². The lowest BCUT2D eigenvalue weighted by molar-refractivity contribution is 0.407. The Morgan fingerprint density at radius 3 is 2.16 bits per heavy atom. The Kier molecular flexibility index (Phi) is 6.71. The maximum absolute atomic E-state index is 6.71. The van der Waals surface area contributed by atoms with Gasteiger partial charge in [-0.3, -0.25) is 0 Å². The van der Waals surface area contributed by atoms with Crippen molar-refractivity contribution in [2.45, 2.75) is 58.8 Å². The number of methoxy groups -OCH3 is 1. The standard InChI is InChI=1S/C17H27ClO/c1-6-8-9-14(7-2)16(18)15-10-12(3)17(19-5)13(4)11-15/h10-11,14,16H,6-9H2,1-5H3. The summed E-state index contributed by atoms with van der Waals surface area (Å²) in [6, 6.07) is 4.36. The predicted octanol–water partition coefficient (Wildman–Crippen LogP) is 5.81. The molecule has 19 heavy (non-hydrogen) atoms. The number of halogens is 1. The van der Waals surface area contributed by atoms with E-state index in [4.69, 9.17) is 16.3 Å². The fourth-order valence-corrected chi connectivity index (χ4v) is 3.19. The molecule has 0 N–H and O–H groups in total. The Morgan fingerprint density at radius 1 is 1.16 bits per heavy atom. The summed E-state index contributed by atoms with van der Waals surface area (Å²) in [4.78, 5) is 0. The molecule has 2 atom stereocenters. The van der Waals surface area contributed by atoms with E-state index >= 15 is 0 Å². The zero-order valence-corrected chi connectivity index (χ0v) is 13.7. The van der Waals surface area contributed by atoms with Crippen LogP contribution in [0.3, 0.4) is 0 Å². The van der Waals surface area contributed by atoms with Crippen LogP contribution in [0.2, 0.25) is 0 Å². The van der Waals surface area contributed by atoms with Crippen LogP contribution in [0.1, 0.15) is 61.6 Å². The summed E-state index contributed by atoms with van der Waals surface area (Å²) in [5.74, 6) is 1.54. The largest absolute Gasteiger partial charge is 0.496 e. The van der Waals surface area contributed by atoms with Gasteiger partial charge in [-0.05, 0) is 42.9 Å². The molecular formula is C17H27ClO. The van der Waals surface area contributed by atoms with Crippen molar-refractivity contribution in [2.24, 2.45) is 5.92 Å². The number of unbranched alkanes of at least 4 members (excludes halogenated alkanes) is 1. The van der Waals surface area contributed by atoms with Crippen molar-refractivity contribution >= 4 is 11.6 Å². The van der Waals surface area contributed by atoms with Crippen molar-refractivity contribution in [3.8, 4) is 5.75 Å². The Labute approximate surface area is 123 Å². The molecule has 108 valence electrons. The Morgan fingerprint density at radius 2 is 1.74 bits per heavy atom. The second kappa shape index (κ2) is 7.79. The average Bonchev–Trinajstić information content (AvgIpc) is 2.39. The first-order valence-electron chi connectivity index (χ1n) is 7.34. The van der Waals surface area contributed by atoms with Crippen molar-refractivity contribution < 1.29 is 4.74 Å². The van der Waals surface area contributed by atoms with Crippen molar-refractivity contribution in [1.29, 1.82) is 0 Å². The molecule has 1 aromatic carbocycles. The molecule has 2 heteroatoms. The quantitative estimate of drug-likeness (QED) is 0.574. The number of aryl methyl sites for hydroxylation is 2. The van der Waals surface area contributed by atoms with Crippen LogP contribution in [0, 0.1) is 19.8 Å². The Hall–Kier alpha value is -0.690. The smallest absolute Gasteiger partial charge is 0.124 e. The third kappa shape index (κ3) is 4.14. The first-order valence-corrected chi connectivity index (χ1v) is 7.77. The molecule has 0 amide bonds. The Bertz CT molecular complexity index is 377. The zero-order valence-electron chi connectivity index (χ0n) is 12.9. The molecule has 0 radical (unpaired) electrons. The monoisotopic (exact) mass is 282 g/mol. The molecule has 2 unspecified atom stereocenters. The second-order valence-electron chi connectivity index (χ2n) is 5.40. The molecule has 1 rings (SSSR count). The lowest BCUT2D eigenvalue weighted by atomic mass is 9.90. The first-order chi connectivity index (χ1) is 9.04. The van der Waals surface area contributed by atoms with E-state index in [-0.39, 0.29) is 5.38 Å². The normalized spacial score (nSPS) is 14.2. The molecule has 1 nitrogen and oxygen atoms in total. The van der Waals surface area contributed by atoms with Crippen LogP contribution in [0.25, 0.3) is 0 Å². The summed E-state index contributed by atoms with van der Waals surface area (Å²) in [6.45, 7) is 8.65. The molecule has 0 aliphatic carbocycles.